The molecule has 0 saturated carbocycles. The Balaban J connectivity index is 1.71. The number of aromatic amines is 1. The number of aromatic nitrogens is 4. The number of carbonyl (C=O) groups excluding carboxylic acids is 1. The van der Waals surface area contributed by atoms with Crippen molar-refractivity contribution in [2.75, 3.05) is 24.6 Å². The largest absolute Gasteiger partial charge is 0.462 e. The molecule has 0 amide bonds. The van der Waals surface area contributed by atoms with Crippen molar-refractivity contribution in [1.82, 2.24) is 20.2 Å². The Morgan fingerprint density at radius 3 is 2.85 bits per heavy atom. The van der Waals surface area contributed by atoms with Gasteiger partial charge in [0.05, 0.1) is 17.8 Å². The zero-order valence-corrected chi connectivity index (χ0v) is 15.0. The third-order valence-corrected chi connectivity index (χ3v) is 4.93. The minimum Gasteiger partial charge on any atom is -0.462 e. The molecule has 0 bridgehead atoms. The average molecular weight is 369 g/mol. The van der Waals surface area contributed by atoms with Crippen molar-refractivity contribution >= 4 is 22.6 Å². The number of benzene rings is 1. The highest BCUT2D eigenvalue weighted by atomic mass is 19.1. The molecule has 0 unspecified atom stereocenters. The molecule has 8 heteroatoms. The van der Waals surface area contributed by atoms with E-state index < -0.39 is 5.97 Å². The first-order chi connectivity index (χ1) is 13.2. The van der Waals surface area contributed by atoms with Gasteiger partial charge in [-0.05, 0) is 38.0 Å². The number of anilines is 1. The monoisotopic (exact) mass is 369 g/mol. The van der Waals surface area contributed by atoms with E-state index in [1.807, 2.05) is 0 Å². The van der Waals surface area contributed by atoms with Gasteiger partial charge in [-0.3, -0.25) is 10.1 Å². The molecule has 1 saturated heterocycles. The van der Waals surface area contributed by atoms with Gasteiger partial charge in [-0.1, -0.05) is 0 Å². The molecule has 0 aliphatic carbocycles. The number of nitrogens with zero attached hydrogens (tertiary/aromatic N) is 4. The van der Waals surface area contributed by atoms with Gasteiger partial charge in [0.15, 0.2) is 0 Å². The lowest BCUT2D eigenvalue weighted by molar-refractivity contribution is 0.0526. The summed E-state index contributed by atoms with van der Waals surface area (Å²) in [6, 6.07) is 4.44. The summed E-state index contributed by atoms with van der Waals surface area (Å²) in [6.45, 7) is 3.46. The summed E-state index contributed by atoms with van der Waals surface area (Å²) < 4.78 is 19.1. The fourth-order valence-electron chi connectivity index (χ4n) is 3.64. The number of esters is 1. The third kappa shape index (κ3) is 3.34. The molecule has 0 atom stereocenters. The Hall–Kier alpha value is -3.03. The summed E-state index contributed by atoms with van der Waals surface area (Å²) in [5.41, 5.74) is 1.71. The number of rotatable bonds is 4. The lowest BCUT2D eigenvalue weighted by atomic mass is 9.94. The maximum atomic E-state index is 13.9. The summed E-state index contributed by atoms with van der Waals surface area (Å²) in [5.74, 6) is 0.372. The molecule has 0 spiro atoms. The highest BCUT2D eigenvalue weighted by molar-refractivity contribution is 6.05. The molecule has 2 aromatic heterocycles. The lowest BCUT2D eigenvalue weighted by Gasteiger charge is -2.34. The molecule has 7 nitrogen and oxygen atoms in total. The minimum atomic E-state index is -0.441. The molecular formula is C19H20FN5O2. The number of hydrogen-bond acceptors (Lipinski definition) is 6. The fraction of sp³-hybridized carbons (Fsp3) is 0.368. The molecule has 0 radical (unpaired) electrons. The molecule has 3 heterocycles. The summed E-state index contributed by atoms with van der Waals surface area (Å²) in [4.78, 5) is 23.2. The van der Waals surface area contributed by atoms with Crippen LogP contribution in [0.3, 0.4) is 0 Å². The number of carbonyl (C=O) groups is 1. The molecular weight excluding hydrogens is 349 g/mol. The summed E-state index contributed by atoms with van der Waals surface area (Å²) in [6.07, 6.45) is 4.75. The molecule has 1 N–H and O–H groups in total. The van der Waals surface area contributed by atoms with Gasteiger partial charge in [-0.15, -0.1) is 0 Å². The van der Waals surface area contributed by atoms with Crippen molar-refractivity contribution in [2.45, 2.75) is 25.7 Å². The number of halogens is 1. The first-order valence-electron chi connectivity index (χ1n) is 9.03. The zero-order chi connectivity index (χ0) is 18.8. The van der Waals surface area contributed by atoms with Gasteiger partial charge < -0.3 is 9.64 Å². The molecule has 4 rings (SSSR count). The van der Waals surface area contributed by atoms with E-state index in [4.69, 9.17) is 4.74 Å². The van der Waals surface area contributed by atoms with Crippen LogP contribution >= 0.6 is 0 Å². The molecule has 1 aliphatic heterocycles. The van der Waals surface area contributed by atoms with E-state index >= 15 is 0 Å². The van der Waals surface area contributed by atoms with Crippen LogP contribution in [0.1, 0.15) is 41.9 Å². The summed E-state index contributed by atoms with van der Waals surface area (Å²) in [5, 5.41) is 7.48. The van der Waals surface area contributed by atoms with E-state index in [0.717, 1.165) is 18.7 Å². The van der Waals surface area contributed by atoms with E-state index in [1.165, 1.54) is 24.7 Å². The second-order valence-corrected chi connectivity index (χ2v) is 6.53. The van der Waals surface area contributed by atoms with Crippen molar-refractivity contribution in [3.05, 3.63) is 47.9 Å². The van der Waals surface area contributed by atoms with Crippen LogP contribution in [-0.2, 0) is 4.74 Å². The Morgan fingerprint density at radius 1 is 1.33 bits per heavy atom. The van der Waals surface area contributed by atoms with Crippen LogP contribution in [0.5, 0.6) is 0 Å². The van der Waals surface area contributed by atoms with E-state index in [2.05, 4.69) is 25.1 Å². The normalized spacial score (nSPS) is 15.3. The van der Waals surface area contributed by atoms with E-state index in [0.29, 0.717) is 41.2 Å². The van der Waals surface area contributed by atoms with Crippen LogP contribution in [-0.4, -0.2) is 45.8 Å². The van der Waals surface area contributed by atoms with Crippen molar-refractivity contribution in [2.24, 2.45) is 0 Å². The highest BCUT2D eigenvalue weighted by Gasteiger charge is 2.27. The van der Waals surface area contributed by atoms with Gasteiger partial charge in [0.1, 0.15) is 23.5 Å². The maximum Gasteiger partial charge on any atom is 0.341 e. The number of piperidine rings is 1. The number of hydrogen-bond donors (Lipinski definition) is 1. The molecule has 3 aromatic rings. The van der Waals surface area contributed by atoms with Gasteiger partial charge in [-0.2, -0.15) is 5.10 Å². The van der Waals surface area contributed by atoms with Crippen LogP contribution in [0.2, 0.25) is 0 Å². The fourth-order valence-corrected chi connectivity index (χ4v) is 3.64. The molecule has 1 aromatic carbocycles. The van der Waals surface area contributed by atoms with Crippen LogP contribution < -0.4 is 4.90 Å². The number of ether oxygens (including phenoxy) is 1. The first-order valence-corrected chi connectivity index (χ1v) is 9.03. The highest BCUT2D eigenvalue weighted by Crippen LogP contribution is 2.35. The Labute approximate surface area is 155 Å². The number of pyridine rings is 1. The second-order valence-electron chi connectivity index (χ2n) is 6.53. The predicted molar refractivity (Wildman–Crippen MR) is 98.2 cm³/mol. The van der Waals surface area contributed by atoms with Crippen LogP contribution in [0.15, 0.2) is 30.7 Å². The number of H-pyrrole nitrogens is 1. The SMILES string of the molecule is CCOC(=O)c1cnc2ccc(F)cc2c1N1CCC(c2ncn[nH]2)CC1. The minimum absolute atomic E-state index is 0.271. The Morgan fingerprint density at radius 2 is 2.15 bits per heavy atom. The van der Waals surface area contributed by atoms with Crippen molar-refractivity contribution < 1.29 is 13.9 Å². The van der Waals surface area contributed by atoms with E-state index in [9.17, 15) is 9.18 Å². The van der Waals surface area contributed by atoms with E-state index in [1.54, 1.807) is 13.0 Å². The smallest absolute Gasteiger partial charge is 0.341 e. The average Bonchev–Trinajstić information content (AvgIpc) is 3.22. The molecule has 140 valence electrons. The van der Waals surface area contributed by atoms with Crippen LogP contribution in [0.4, 0.5) is 10.1 Å². The van der Waals surface area contributed by atoms with Gasteiger partial charge in [0.2, 0.25) is 0 Å². The number of fused-ring (bicyclic) bond motifs is 1. The lowest BCUT2D eigenvalue weighted by Crippen LogP contribution is -2.34. The standard InChI is InChI=1S/C19H20FN5O2/c1-2-27-19(26)15-10-21-16-4-3-13(20)9-14(16)17(15)25-7-5-12(6-8-25)18-22-11-23-24-18/h3-4,9-12H,2,5-8H2,1H3,(H,22,23,24). The molecule has 1 aliphatic rings. The van der Waals surface area contributed by atoms with Gasteiger partial charge in [0, 0.05) is 30.6 Å². The topological polar surface area (TPSA) is 84.0 Å². The van der Waals surface area contributed by atoms with Crippen molar-refractivity contribution in [3.63, 3.8) is 0 Å². The van der Waals surface area contributed by atoms with Gasteiger partial charge in [-0.25, -0.2) is 14.2 Å². The zero-order valence-electron chi connectivity index (χ0n) is 15.0. The molecule has 1 fully saturated rings. The maximum absolute atomic E-state index is 13.9. The quantitative estimate of drug-likeness (QED) is 0.712. The third-order valence-electron chi connectivity index (χ3n) is 4.93. The van der Waals surface area contributed by atoms with Gasteiger partial charge in [0.25, 0.3) is 0 Å². The second kappa shape index (κ2) is 7.30. The summed E-state index contributed by atoms with van der Waals surface area (Å²) in [7, 11) is 0. The van der Waals surface area contributed by atoms with Crippen molar-refractivity contribution in [1.29, 1.82) is 0 Å². The first kappa shape index (κ1) is 17.4. The van der Waals surface area contributed by atoms with Crippen LogP contribution in [0, 0.1) is 5.82 Å². The van der Waals surface area contributed by atoms with E-state index in [-0.39, 0.29) is 12.4 Å². The predicted octanol–water partition coefficient (Wildman–Crippen LogP) is 3.05. The Bertz CT molecular complexity index is 952. The summed E-state index contributed by atoms with van der Waals surface area (Å²) >= 11 is 0. The number of nitrogens with one attached hydrogen (secondary N) is 1. The molecule has 27 heavy (non-hydrogen) atoms. The van der Waals surface area contributed by atoms with Gasteiger partial charge >= 0.3 is 5.97 Å². The Kier molecular flexibility index (Phi) is 4.70. The van der Waals surface area contributed by atoms with Crippen molar-refractivity contribution in [3.8, 4) is 0 Å². The van der Waals surface area contributed by atoms with Crippen LogP contribution in [0.25, 0.3) is 10.9 Å².